The fourth-order valence-electron chi connectivity index (χ4n) is 3.96. The Morgan fingerprint density at radius 1 is 1.30 bits per heavy atom. The lowest BCUT2D eigenvalue weighted by atomic mass is 9.89. The van der Waals surface area contributed by atoms with Crippen molar-refractivity contribution in [2.45, 2.75) is 57.6 Å². The van der Waals surface area contributed by atoms with Crippen molar-refractivity contribution >= 4 is 11.9 Å². The molecule has 132 valence electrons. The van der Waals surface area contributed by atoms with Gasteiger partial charge in [-0.15, -0.1) is 0 Å². The van der Waals surface area contributed by atoms with Crippen LogP contribution in [0.1, 0.15) is 46.0 Å². The van der Waals surface area contributed by atoms with E-state index in [0.29, 0.717) is 18.6 Å². The fraction of sp³-hybridized carbons (Fsp3) is 0.882. The van der Waals surface area contributed by atoms with Crippen molar-refractivity contribution in [1.29, 1.82) is 0 Å². The van der Waals surface area contributed by atoms with Crippen LogP contribution in [0.15, 0.2) is 0 Å². The summed E-state index contributed by atoms with van der Waals surface area (Å²) >= 11 is 0. The number of fused-ring (bicyclic) bond motifs is 1. The Kier molecular flexibility index (Phi) is 6.03. The summed E-state index contributed by atoms with van der Waals surface area (Å²) in [6.07, 6.45) is 3.26. The van der Waals surface area contributed by atoms with Gasteiger partial charge in [0, 0.05) is 12.0 Å². The number of hydrogen-bond donors (Lipinski definition) is 1. The molecule has 2 heterocycles. The predicted octanol–water partition coefficient (Wildman–Crippen LogP) is 1.35. The van der Waals surface area contributed by atoms with Crippen molar-refractivity contribution in [3.05, 3.63) is 0 Å². The molecule has 0 radical (unpaired) electrons. The lowest BCUT2D eigenvalue weighted by Gasteiger charge is -2.26. The lowest BCUT2D eigenvalue weighted by molar-refractivity contribution is -0.172. The summed E-state index contributed by atoms with van der Waals surface area (Å²) in [5.74, 6) is -0.868. The van der Waals surface area contributed by atoms with Crippen LogP contribution in [0.3, 0.4) is 0 Å². The molecule has 0 aromatic heterocycles. The molecule has 0 saturated carbocycles. The average Bonchev–Trinajstić information content (AvgIpc) is 3.06. The van der Waals surface area contributed by atoms with Crippen molar-refractivity contribution in [3.63, 3.8) is 0 Å². The molecule has 2 aliphatic rings. The van der Waals surface area contributed by atoms with E-state index in [1.165, 1.54) is 20.0 Å². The normalized spacial score (nSPS) is 26.8. The van der Waals surface area contributed by atoms with Crippen LogP contribution in [-0.2, 0) is 19.1 Å². The molecule has 23 heavy (non-hydrogen) atoms. The van der Waals surface area contributed by atoms with Crippen molar-refractivity contribution < 1.29 is 24.2 Å². The molecular weight excluding hydrogens is 298 g/mol. The van der Waals surface area contributed by atoms with E-state index in [-0.39, 0.29) is 18.8 Å². The van der Waals surface area contributed by atoms with Gasteiger partial charge >= 0.3 is 11.9 Å². The first-order valence-electron chi connectivity index (χ1n) is 8.56. The van der Waals surface area contributed by atoms with E-state index in [9.17, 15) is 14.7 Å². The van der Waals surface area contributed by atoms with Gasteiger partial charge in [0.1, 0.15) is 0 Å². The predicted molar refractivity (Wildman–Crippen MR) is 84.7 cm³/mol. The number of esters is 2. The minimum Gasteiger partial charge on any atom is -0.467 e. The summed E-state index contributed by atoms with van der Waals surface area (Å²) in [6, 6.07) is 0.526. The lowest BCUT2D eigenvalue weighted by Crippen LogP contribution is -2.43. The molecule has 0 amide bonds. The fourth-order valence-corrected chi connectivity index (χ4v) is 3.96. The van der Waals surface area contributed by atoms with E-state index in [1.54, 1.807) is 0 Å². The molecule has 0 bridgehead atoms. The molecule has 3 atom stereocenters. The summed E-state index contributed by atoms with van der Waals surface area (Å²) in [7, 11) is 1.21. The third-order valence-corrected chi connectivity index (χ3v) is 4.95. The maximum Gasteiger partial charge on any atom is 0.338 e. The first-order chi connectivity index (χ1) is 10.9. The molecule has 0 spiro atoms. The quantitative estimate of drug-likeness (QED) is 0.712. The zero-order valence-electron chi connectivity index (χ0n) is 14.4. The maximum absolute atomic E-state index is 12.1. The highest BCUT2D eigenvalue weighted by Crippen LogP contribution is 2.33. The molecule has 6 nitrogen and oxygen atoms in total. The van der Waals surface area contributed by atoms with Gasteiger partial charge in [0.15, 0.2) is 5.60 Å². The third kappa shape index (κ3) is 4.44. The van der Waals surface area contributed by atoms with Crippen LogP contribution in [0.4, 0.5) is 0 Å². The number of nitrogens with zero attached hydrogens (tertiary/aromatic N) is 1. The zero-order valence-corrected chi connectivity index (χ0v) is 14.4. The molecule has 0 aromatic rings. The van der Waals surface area contributed by atoms with E-state index in [4.69, 9.17) is 4.74 Å². The van der Waals surface area contributed by atoms with Gasteiger partial charge in [0.25, 0.3) is 0 Å². The maximum atomic E-state index is 12.1. The molecule has 0 aliphatic carbocycles. The van der Waals surface area contributed by atoms with Gasteiger partial charge < -0.3 is 14.6 Å². The second-order valence-electron chi connectivity index (χ2n) is 7.28. The number of methoxy groups -OCH3 is 1. The van der Waals surface area contributed by atoms with Gasteiger partial charge in [-0.1, -0.05) is 13.8 Å². The summed E-state index contributed by atoms with van der Waals surface area (Å²) < 4.78 is 10.0. The van der Waals surface area contributed by atoms with Gasteiger partial charge in [0.05, 0.1) is 20.1 Å². The van der Waals surface area contributed by atoms with Crippen LogP contribution in [0.25, 0.3) is 0 Å². The zero-order chi connectivity index (χ0) is 17.0. The number of ether oxygens (including phenoxy) is 2. The Hall–Kier alpha value is -1.14. The summed E-state index contributed by atoms with van der Waals surface area (Å²) in [4.78, 5) is 26.4. The number of rotatable bonds is 7. The van der Waals surface area contributed by atoms with E-state index in [0.717, 1.165) is 19.5 Å². The average molecular weight is 327 g/mol. The first kappa shape index (κ1) is 18.2. The van der Waals surface area contributed by atoms with Crippen LogP contribution >= 0.6 is 0 Å². The topological polar surface area (TPSA) is 76.1 Å². The number of hydrogen-bond acceptors (Lipinski definition) is 6. The third-order valence-electron chi connectivity index (χ3n) is 4.95. The molecule has 2 rings (SSSR count). The molecule has 2 saturated heterocycles. The SMILES string of the molecule is COC(=O)[C@](O)(CC(=O)OC[C@@H]1CCN2CCC[C@@H]12)CC(C)C. The van der Waals surface area contributed by atoms with E-state index >= 15 is 0 Å². The minimum absolute atomic E-state index is 0.0637. The summed E-state index contributed by atoms with van der Waals surface area (Å²) in [5, 5.41) is 10.5. The van der Waals surface area contributed by atoms with Gasteiger partial charge in [-0.3, -0.25) is 9.69 Å². The molecule has 2 fully saturated rings. The standard InChI is InChI=1S/C17H29NO5/c1-12(2)9-17(21,16(20)22-3)10-15(19)23-11-13-6-8-18-7-4-5-14(13)18/h12-14,21H,4-11H2,1-3H3/t13-,14-,17+/m0/s1. The summed E-state index contributed by atoms with van der Waals surface area (Å²) in [6.45, 7) is 6.36. The van der Waals surface area contributed by atoms with Crippen LogP contribution in [0.5, 0.6) is 0 Å². The molecule has 6 heteroatoms. The van der Waals surface area contributed by atoms with Crippen molar-refractivity contribution in [2.24, 2.45) is 11.8 Å². The first-order valence-corrected chi connectivity index (χ1v) is 8.56. The second-order valence-corrected chi connectivity index (χ2v) is 7.28. The Labute approximate surface area is 138 Å². The second kappa shape index (κ2) is 7.62. The molecular formula is C17H29NO5. The van der Waals surface area contributed by atoms with E-state index in [1.807, 2.05) is 13.8 Å². The molecule has 0 aromatic carbocycles. The number of carbonyl (C=O) groups excluding carboxylic acids is 2. The van der Waals surface area contributed by atoms with Crippen molar-refractivity contribution in [2.75, 3.05) is 26.8 Å². The Morgan fingerprint density at radius 3 is 2.70 bits per heavy atom. The van der Waals surface area contributed by atoms with Gasteiger partial charge in [0.2, 0.25) is 0 Å². The Balaban J connectivity index is 1.85. The van der Waals surface area contributed by atoms with Crippen LogP contribution in [0, 0.1) is 11.8 Å². The smallest absolute Gasteiger partial charge is 0.338 e. The van der Waals surface area contributed by atoms with Gasteiger partial charge in [-0.25, -0.2) is 4.79 Å². The van der Waals surface area contributed by atoms with Crippen LogP contribution < -0.4 is 0 Å². The molecule has 0 unspecified atom stereocenters. The Morgan fingerprint density at radius 2 is 2.04 bits per heavy atom. The highest BCUT2D eigenvalue weighted by molar-refractivity contribution is 5.85. The molecule has 2 aliphatic heterocycles. The van der Waals surface area contributed by atoms with Crippen molar-refractivity contribution in [3.8, 4) is 0 Å². The Bertz CT molecular complexity index is 439. The van der Waals surface area contributed by atoms with Crippen molar-refractivity contribution in [1.82, 2.24) is 4.90 Å². The summed E-state index contributed by atoms with van der Waals surface area (Å²) in [5.41, 5.74) is -1.80. The van der Waals surface area contributed by atoms with E-state index in [2.05, 4.69) is 9.64 Å². The van der Waals surface area contributed by atoms with E-state index < -0.39 is 17.5 Å². The number of carbonyl (C=O) groups is 2. The minimum atomic E-state index is -1.80. The monoisotopic (exact) mass is 327 g/mol. The largest absolute Gasteiger partial charge is 0.467 e. The molecule has 1 N–H and O–H groups in total. The van der Waals surface area contributed by atoms with Gasteiger partial charge in [-0.05, 0) is 44.7 Å². The van der Waals surface area contributed by atoms with Crippen LogP contribution in [-0.4, -0.2) is 60.4 Å². The van der Waals surface area contributed by atoms with Gasteiger partial charge in [-0.2, -0.15) is 0 Å². The number of aliphatic hydroxyl groups is 1. The van der Waals surface area contributed by atoms with Crippen LogP contribution in [0.2, 0.25) is 0 Å². The highest BCUT2D eigenvalue weighted by atomic mass is 16.5. The highest BCUT2D eigenvalue weighted by Gasteiger charge is 2.42.